The van der Waals surface area contributed by atoms with Crippen LogP contribution in [0.4, 0.5) is 0 Å². The Hall–Kier alpha value is -2.44. The zero-order chi connectivity index (χ0) is 42.4. The molecule has 0 saturated carbocycles. The molecule has 3 atom stereocenters. The maximum absolute atomic E-state index is 13.2. The average Bonchev–Trinajstić information content (AvgIpc) is 3.22. The summed E-state index contributed by atoms with van der Waals surface area (Å²) >= 11 is 0. The van der Waals surface area contributed by atoms with Gasteiger partial charge in [0, 0.05) is 6.42 Å². The van der Waals surface area contributed by atoms with Gasteiger partial charge >= 0.3 is 5.97 Å². The topological polar surface area (TPSA) is 95.9 Å². The Morgan fingerprint density at radius 3 is 1.31 bits per heavy atom. The Balaban J connectivity index is 4.69. The second-order valence-corrected chi connectivity index (χ2v) is 16.5. The minimum Gasteiger partial charge on any atom is -0.462 e. The third kappa shape index (κ3) is 40.3. The van der Waals surface area contributed by atoms with Crippen LogP contribution in [0.15, 0.2) is 60.8 Å². The van der Waals surface area contributed by atoms with E-state index in [1.165, 1.54) is 109 Å². The van der Waals surface area contributed by atoms with Crippen molar-refractivity contribution in [2.75, 3.05) is 6.61 Å². The Kier molecular flexibility index (Phi) is 43.7. The number of ether oxygens (including phenoxy) is 1. The SMILES string of the molecule is CC/C=C/C/C=C/C/C=C/C/C=C/C/C=C/CCC(=O)OC(CCCCCCCCCCCCCCC)CC(=O)NC(CO)C(O)CCCCCCCCCCCC. The van der Waals surface area contributed by atoms with E-state index in [2.05, 4.69) is 80.8 Å². The van der Waals surface area contributed by atoms with Crippen molar-refractivity contribution in [1.82, 2.24) is 5.32 Å². The first-order valence-corrected chi connectivity index (χ1v) is 24.5. The van der Waals surface area contributed by atoms with Crippen LogP contribution in [0.5, 0.6) is 0 Å². The number of unbranched alkanes of at least 4 members (excludes halogenated alkanes) is 21. The number of aliphatic hydroxyl groups is 2. The zero-order valence-corrected chi connectivity index (χ0v) is 38.2. The van der Waals surface area contributed by atoms with Gasteiger partial charge in [0.05, 0.1) is 25.2 Å². The lowest BCUT2D eigenvalue weighted by molar-refractivity contribution is -0.150. The van der Waals surface area contributed by atoms with E-state index in [9.17, 15) is 19.8 Å². The Bertz CT molecular complexity index is 1050. The lowest BCUT2D eigenvalue weighted by atomic mass is 10.0. The second kappa shape index (κ2) is 45.6. The molecule has 0 aliphatic heterocycles. The first-order chi connectivity index (χ1) is 28.5. The first-order valence-electron chi connectivity index (χ1n) is 24.5. The molecule has 0 fully saturated rings. The smallest absolute Gasteiger partial charge is 0.306 e. The summed E-state index contributed by atoms with van der Waals surface area (Å²) in [5.74, 6) is -0.570. The van der Waals surface area contributed by atoms with Crippen LogP contribution < -0.4 is 5.32 Å². The second-order valence-electron chi connectivity index (χ2n) is 16.5. The van der Waals surface area contributed by atoms with E-state index in [4.69, 9.17) is 4.74 Å². The lowest BCUT2D eigenvalue weighted by Crippen LogP contribution is -2.46. The van der Waals surface area contributed by atoms with Crippen molar-refractivity contribution in [3.8, 4) is 0 Å². The number of allylic oxidation sites excluding steroid dienone is 10. The predicted molar refractivity (Wildman–Crippen MR) is 250 cm³/mol. The Labute approximate surface area is 358 Å². The minimum atomic E-state index is -0.798. The van der Waals surface area contributed by atoms with Crippen LogP contribution in [0.25, 0.3) is 0 Å². The standard InChI is InChI=1S/C52H93NO5/c1-4-7-10-13-16-19-22-24-25-26-28-30-33-36-39-42-45-52(57)58-48(43-40-37-34-31-29-27-23-20-17-14-11-8-5-2)46-51(56)53-49(47-54)50(55)44-41-38-35-32-21-18-15-12-9-6-3/h7,10,16,19,24-25,28,30,36,39,48-50,54-55H,4-6,8-9,11-15,17-18,20-23,26-27,29,31-35,37-38,40-47H2,1-3H3,(H,53,56)/b10-7+,19-16+,25-24+,30-28+,39-36+. The fourth-order valence-corrected chi connectivity index (χ4v) is 7.19. The molecular formula is C52H93NO5. The Morgan fingerprint density at radius 1 is 0.517 bits per heavy atom. The highest BCUT2D eigenvalue weighted by Gasteiger charge is 2.24. The van der Waals surface area contributed by atoms with Crippen molar-refractivity contribution >= 4 is 11.9 Å². The van der Waals surface area contributed by atoms with Crippen LogP contribution in [-0.2, 0) is 14.3 Å². The third-order valence-electron chi connectivity index (χ3n) is 10.9. The number of hydrogen-bond donors (Lipinski definition) is 3. The summed E-state index contributed by atoms with van der Waals surface area (Å²) < 4.78 is 5.88. The van der Waals surface area contributed by atoms with Crippen LogP contribution in [0.1, 0.15) is 233 Å². The van der Waals surface area contributed by atoms with Crippen molar-refractivity contribution in [2.45, 2.75) is 251 Å². The van der Waals surface area contributed by atoms with E-state index in [1.807, 2.05) is 6.08 Å². The van der Waals surface area contributed by atoms with E-state index in [0.717, 1.165) is 70.6 Å². The molecule has 58 heavy (non-hydrogen) atoms. The van der Waals surface area contributed by atoms with Gasteiger partial charge in [-0.3, -0.25) is 9.59 Å². The number of nitrogens with one attached hydrogen (secondary N) is 1. The molecule has 0 radical (unpaired) electrons. The molecule has 6 nitrogen and oxygen atoms in total. The van der Waals surface area contributed by atoms with E-state index < -0.39 is 18.2 Å². The number of esters is 1. The molecule has 0 heterocycles. The molecule has 0 bridgehead atoms. The highest BCUT2D eigenvalue weighted by molar-refractivity contribution is 5.77. The van der Waals surface area contributed by atoms with Crippen molar-refractivity contribution in [2.24, 2.45) is 0 Å². The third-order valence-corrected chi connectivity index (χ3v) is 10.9. The minimum absolute atomic E-state index is 0.0488. The maximum atomic E-state index is 13.2. The van der Waals surface area contributed by atoms with Crippen LogP contribution in [0.3, 0.4) is 0 Å². The summed E-state index contributed by atoms with van der Waals surface area (Å²) in [4.78, 5) is 26.0. The van der Waals surface area contributed by atoms with Gasteiger partial charge in [-0.1, -0.05) is 223 Å². The van der Waals surface area contributed by atoms with Crippen LogP contribution in [-0.4, -0.2) is 46.9 Å². The molecular weight excluding hydrogens is 719 g/mol. The van der Waals surface area contributed by atoms with Crippen molar-refractivity contribution in [1.29, 1.82) is 0 Å². The highest BCUT2D eigenvalue weighted by Crippen LogP contribution is 2.17. The molecule has 3 unspecified atom stereocenters. The van der Waals surface area contributed by atoms with E-state index in [-0.39, 0.29) is 31.3 Å². The van der Waals surface area contributed by atoms with Crippen LogP contribution >= 0.6 is 0 Å². The number of carbonyl (C=O) groups is 2. The first kappa shape index (κ1) is 55.6. The molecule has 0 aliphatic carbocycles. The summed E-state index contributed by atoms with van der Waals surface area (Å²) in [7, 11) is 0. The van der Waals surface area contributed by atoms with Gasteiger partial charge in [0.1, 0.15) is 6.10 Å². The molecule has 6 heteroatoms. The molecule has 1 amide bonds. The number of aliphatic hydroxyl groups excluding tert-OH is 2. The summed E-state index contributed by atoms with van der Waals surface area (Å²) in [6.45, 7) is 6.34. The molecule has 0 spiro atoms. The van der Waals surface area contributed by atoms with Gasteiger partial charge < -0.3 is 20.3 Å². The molecule has 0 rings (SSSR count). The number of rotatable bonds is 43. The zero-order valence-electron chi connectivity index (χ0n) is 38.2. The predicted octanol–water partition coefficient (Wildman–Crippen LogP) is 14.5. The van der Waals surface area contributed by atoms with Crippen molar-refractivity contribution in [3.63, 3.8) is 0 Å². The number of carbonyl (C=O) groups excluding carboxylic acids is 2. The maximum Gasteiger partial charge on any atom is 0.306 e. The van der Waals surface area contributed by atoms with E-state index in [0.29, 0.717) is 19.3 Å². The summed E-state index contributed by atoms with van der Waals surface area (Å²) in [6.07, 6.45) is 55.7. The number of amides is 1. The van der Waals surface area contributed by atoms with Gasteiger partial charge in [-0.05, 0) is 57.8 Å². The molecule has 0 aromatic rings. The monoisotopic (exact) mass is 812 g/mol. The fraction of sp³-hybridized carbons (Fsp3) is 0.769. The van der Waals surface area contributed by atoms with Gasteiger partial charge in [-0.2, -0.15) is 0 Å². The normalized spacial score (nSPS) is 13.8. The van der Waals surface area contributed by atoms with Gasteiger partial charge in [-0.25, -0.2) is 0 Å². The van der Waals surface area contributed by atoms with Gasteiger partial charge in [0.15, 0.2) is 0 Å². The highest BCUT2D eigenvalue weighted by atomic mass is 16.5. The molecule has 0 aromatic carbocycles. The summed E-state index contributed by atoms with van der Waals surface area (Å²) in [5.41, 5.74) is 0. The molecule has 0 aliphatic rings. The largest absolute Gasteiger partial charge is 0.462 e. The number of hydrogen-bond acceptors (Lipinski definition) is 5. The quantitative estimate of drug-likeness (QED) is 0.0324. The summed E-state index contributed by atoms with van der Waals surface area (Å²) in [6, 6.07) is -0.714. The van der Waals surface area contributed by atoms with Gasteiger partial charge in [0.2, 0.25) is 5.91 Å². The Morgan fingerprint density at radius 2 is 0.897 bits per heavy atom. The van der Waals surface area contributed by atoms with E-state index >= 15 is 0 Å². The van der Waals surface area contributed by atoms with Gasteiger partial charge in [0.25, 0.3) is 0 Å². The lowest BCUT2D eigenvalue weighted by Gasteiger charge is -2.24. The molecule has 3 N–H and O–H groups in total. The molecule has 0 aromatic heterocycles. The van der Waals surface area contributed by atoms with Crippen LogP contribution in [0, 0.1) is 0 Å². The van der Waals surface area contributed by atoms with Crippen molar-refractivity contribution in [3.05, 3.63) is 60.8 Å². The molecule has 336 valence electrons. The fourth-order valence-electron chi connectivity index (χ4n) is 7.19. The van der Waals surface area contributed by atoms with Crippen LogP contribution in [0.2, 0.25) is 0 Å². The molecule has 0 saturated heterocycles. The average molecular weight is 812 g/mol. The van der Waals surface area contributed by atoms with Crippen molar-refractivity contribution < 1.29 is 24.5 Å². The van der Waals surface area contributed by atoms with Gasteiger partial charge in [-0.15, -0.1) is 0 Å². The van der Waals surface area contributed by atoms with E-state index in [1.54, 1.807) is 0 Å². The summed E-state index contributed by atoms with van der Waals surface area (Å²) in [5, 5.41) is 23.7.